The Balaban J connectivity index is 2.00. The van der Waals surface area contributed by atoms with Gasteiger partial charge in [0, 0.05) is 18.8 Å². The van der Waals surface area contributed by atoms with E-state index in [0.717, 1.165) is 11.1 Å². The summed E-state index contributed by atoms with van der Waals surface area (Å²) in [6.07, 6.45) is 0. The van der Waals surface area contributed by atoms with Crippen molar-refractivity contribution < 1.29 is 14.0 Å². The predicted molar refractivity (Wildman–Crippen MR) is 108 cm³/mol. The first-order valence-corrected chi connectivity index (χ1v) is 10.1. The highest BCUT2D eigenvalue weighted by Gasteiger charge is 2.25. The molecule has 0 saturated carbocycles. The largest absolute Gasteiger partial charge is 0.355 e. The van der Waals surface area contributed by atoms with Crippen LogP contribution in [-0.4, -0.2) is 35.1 Å². The smallest absolute Gasteiger partial charge is 0.242 e. The quantitative estimate of drug-likeness (QED) is 0.714. The lowest BCUT2D eigenvalue weighted by Crippen LogP contribution is -2.48. The van der Waals surface area contributed by atoms with Crippen molar-refractivity contribution in [3.05, 3.63) is 71.5 Å². The summed E-state index contributed by atoms with van der Waals surface area (Å²) in [5.74, 6) is 0.342. The molecule has 0 aromatic heterocycles. The molecular formula is C21H25FN2O2S. The normalized spacial score (nSPS) is 11.7. The molecule has 0 spiro atoms. The van der Waals surface area contributed by atoms with Crippen molar-refractivity contribution in [2.75, 3.05) is 12.3 Å². The maximum Gasteiger partial charge on any atom is 0.242 e. The first-order valence-electron chi connectivity index (χ1n) is 8.94. The molecular weight excluding hydrogens is 363 g/mol. The highest BCUT2D eigenvalue weighted by Crippen LogP contribution is 2.16. The summed E-state index contributed by atoms with van der Waals surface area (Å²) in [7, 11) is 0. The third-order valence-corrected chi connectivity index (χ3v) is 5.11. The number of carbonyl (C=O) groups is 2. The van der Waals surface area contributed by atoms with Crippen molar-refractivity contribution >= 4 is 23.6 Å². The van der Waals surface area contributed by atoms with Crippen LogP contribution in [0.5, 0.6) is 0 Å². The van der Waals surface area contributed by atoms with Gasteiger partial charge in [-0.2, -0.15) is 0 Å². The van der Waals surface area contributed by atoms with E-state index < -0.39 is 6.04 Å². The van der Waals surface area contributed by atoms with Crippen LogP contribution in [0.2, 0.25) is 0 Å². The van der Waals surface area contributed by atoms with Crippen molar-refractivity contribution in [2.45, 2.75) is 32.2 Å². The number of rotatable bonds is 9. The molecule has 0 heterocycles. The minimum absolute atomic E-state index is 0.0929. The zero-order valence-corrected chi connectivity index (χ0v) is 16.5. The zero-order chi connectivity index (χ0) is 19.6. The standard InChI is InChI=1S/C21H25FN2O2S/c1-3-23-21(26)16(2)24(13-17-7-5-4-6-8-17)20(25)15-27-14-18-9-11-19(22)12-10-18/h4-12,16H,3,13-15H2,1-2H3,(H,23,26)/t16-/m0/s1. The van der Waals surface area contributed by atoms with Crippen molar-refractivity contribution in [3.63, 3.8) is 0 Å². The lowest BCUT2D eigenvalue weighted by atomic mass is 10.1. The van der Waals surface area contributed by atoms with Gasteiger partial charge in [0.2, 0.25) is 11.8 Å². The van der Waals surface area contributed by atoms with Gasteiger partial charge in [0.1, 0.15) is 11.9 Å². The van der Waals surface area contributed by atoms with Crippen LogP contribution in [0.25, 0.3) is 0 Å². The Morgan fingerprint density at radius 2 is 1.74 bits per heavy atom. The van der Waals surface area contributed by atoms with E-state index in [4.69, 9.17) is 0 Å². The van der Waals surface area contributed by atoms with Gasteiger partial charge >= 0.3 is 0 Å². The average molecular weight is 389 g/mol. The third-order valence-electron chi connectivity index (χ3n) is 4.12. The van der Waals surface area contributed by atoms with Gasteiger partial charge < -0.3 is 10.2 Å². The summed E-state index contributed by atoms with van der Waals surface area (Å²) in [5.41, 5.74) is 1.94. The van der Waals surface area contributed by atoms with Gasteiger partial charge in [-0.05, 0) is 37.1 Å². The number of hydrogen-bond donors (Lipinski definition) is 1. The van der Waals surface area contributed by atoms with Crippen LogP contribution in [-0.2, 0) is 21.9 Å². The predicted octanol–water partition coefficient (Wildman–Crippen LogP) is 3.61. The monoisotopic (exact) mass is 388 g/mol. The lowest BCUT2D eigenvalue weighted by molar-refractivity contribution is -0.138. The molecule has 0 unspecified atom stereocenters. The number of amides is 2. The van der Waals surface area contributed by atoms with E-state index in [1.165, 1.54) is 23.9 Å². The molecule has 2 amide bonds. The molecule has 2 aromatic rings. The van der Waals surface area contributed by atoms with E-state index in [0.29, 0.717) is 18.8 Å². The molecule has 0 radical (unpaired) electrons. The molecule has 2 aromatic carbocycles. The van der Waals surface area contributed by atoms with E-state index in [-0.39, 0.29) is 23.4 Å². The summed E-state index contributed by atoms with van der Waals surface area (Å²) in [6.45, 7) is 4.51. The van der Waals surface area contributed by atoms with Gasteiger partial charge in [-0.25, -0.2) is 4.39 Å². The summed E-state index contributed by atoms with van der Waals surface area (Å²) >= 11 is 1.46. The number of likely N-dealkylation sites (N-methyl/N-ethyl adjacent to an activating group) is 1. The number of thioether (sulfide) groups is 1. The first kappa shape index (κ1) is 21.0. The molecule has 0 aliphatic rings. The summed E-state index contributed by atoms with van der Waals surface area (Å²) in [5, 5.41) is 2.78. The van der Waals surface area contributed by atoms with Crippen molar-refractivity contribution in [3.8, 4) is 0 Å². The Hall–Kier alpha value is -2.34. The topological polar surface area (TPSA) is 49.4 Å². The van der Waals surface area contributed by atoms with Crippen LogP contribution >= 0.6 is 11.8 Å². The number of hydrogen-bond acceptors (Lipinski definition) is 3. The highest BCUT2D eigenvalue weighted by molar-refractivity contribution is 7.99. The highest BCUT2D eigenvalue weighted by atomic mass is 32.2. The Morgan fingerprint density at radius 3 is 2.37 bits per heavy atom. The Labute approximate surface area is 164 Å². The van der Waals surface area contributed by atoms with Crippen LogP contribution < -0.4 is 5.32 Å². The fourth-order valence-corrected chi connectivity index (χ4v) is 3.48. The molecule has 1 atom stereocenters. The SMILES string of the molecule is CCNC(=O)[C@H](C)N(Cc1ccccc1)C(=O)CSCc1ccc(F)cc1. The number of halogens is 1. The molecule has 144 valence electrons. The summed E-state index contributed by atoms with van der Waals surface area (Å²) < 4.78 is 13.0. The molecule has 0 fully saturated rings. The molecule has 4 nitrogen and oxygen atoms in total. The maximum atomic E-state index is 13.0. The van der Waals surface area contributed by atoms with Crippen LogP contribution in [0, 0.1) is 5.82 Å². The number of nitrogens with one attached hydrogen (secondary N) is 1. The number of benzene rings is 2. The zero-order valence-electron chi connectivity index (χ0n) is 15.7. The molecule has 0 aliphatic carbocycles. The average Bonchev–Trinajstić information content (AvgIpc) is 2.68. The van der Waals surface area contributed by atoms with Crippen molar-refractivity contribution in [1.29, 1.82) is 0 Å². The van der Waals surface area contributed by atoms with Gasteiger partial charge in [0.15, 0.2) is 0 Å². The van der Waals surface area contributed by atoms with Crippen molar-refractivity contribution in [2.24, 2.45) is 0 Å². The second-order valence-corrected chi connectivity index (χ2v) is 7.18. The van der Waals surface area contributed by atoms with E-state index in [2.05, 4.69) is 5.32 Å². The minimum Gasteiger partial charge on any atom is -0.355 e. The van der Waals surface area contributed by atoms with Crippen LogP contribution in [0.3, 0.4) is 0 Å². The number of carbonyl (C=O) groups excluding carboxylic acids is 2. The Kier molecular flexibility index (Phi) is 8.33. The van der Waals surface area contributed by atoms with E-state index in [1.807, 2.05) is 37.3 Å². The maximum absolute atomic E-state index is 13.0. The first-order chi connectivity index (χ1) is 13.0. The molecule has 6 heteroatoms. The van der Waals surface area contributed by atoms with Crippen LogP contribution in [0.15, 0.2) is 54.6 Å². The van der Waals surface area contributed by atoms with Crippen LogP contribution in [0.4, 0.5) is 4.39 Å². The molecule has 0 saturated heterocycles. The van der Waals surface area contributed by atoms with Gasteiger partial charge in [-0.15, -0.1) is 11.8 Å². The summed E-state index contributed by atoms with van der Waals surface area (Å²) in [6, 6.07) is 15.3. The molecule has 0 bridgehead atoms. The molecule has 27 heavy (non-hydrogen) atoms. The second kappa shape index (κ2) is 10.7. The molecule has 2 rings (SSSR count). The van der Waals surface area contributed by atoms with Gasteiger partial charge in [-0.3, -0.25) is 9.59 Å². The van der Waals surface area contributed by atoms with Crippen molar-refractivity contribution in [1.82, 2.24) is 10.2 Å². The second-order valence-electron chi connectivity index (χ2n) is 6.20. The van der Waals surface area contributed by atoms with Gasteiger partial charge in [0.25, 0.3) is 0 Å². The third kappa shape index (κ3) is 6.71. The Bertz CT molecular complexity index is 738. The molecule has 0 aliphatic heterocycles. The number of nitrogens with zero attached hydrogens (tertiary/aromatic N) is 1. The van der Waals surface area contributed by atoms with E-state index in [1.54, 1.807) is 24.0 Å². The van der Waals surface area contributed by atoms with E-state index in [9.17, 15) is 14.0 Å². The fourth-order valence-electron chi connectivity index (χ4n) is 2.60. The lowest BCUT2D eigenvalue weighted by Gasteiger charge is -2.28. The van der Waals surface area contributed by atoms with Gasteiger partial charge in [-0.1, -0.05) is 42.5 Å². The fraction of sp³-hybridized carbons (Fsp3) is 0.333. The minimum atomic E-state index is -0.552. The molecule has 1 N–H and O–H groups in total. The van der Waals surface area contributed by atoms with Crippen LogP contribution in [0.1, 0.15) is 25.0 Å². The summed E-state index contributed by atoms with van der Waals surface area (Å²) in [4.78, 5) is 26.7. The van der Waals surface area contributed by atoms with E-state index >= 15 is 0 Å². The Morgan fingerprint density at radius 1 is 1.07 bits per heavy atom. The van der Waals surface area contributed by atoms with Gasteiger partial charge in [0.05, 0.1) is 5.75 Å².